The number of amides is 1. The fourth-order valence-electron chi connectivity index (χ4n) is 3.23. The van der Waals surface area contributed by atoms with Crippen LogP contribution < -0.4 is 16.4 Å². The van der Waals surface area contributed by atoms with Gasteiger partial charge in [-0.15, -0.1) is 23.7 Å². The number of thiazole rings is 1. The number of carbonyl (C=O) groups excluding carboxylic acids is 1. The molecule has 6 nitrogen and oxygen atoms in total. The zero-order valence-electron chi connectivity index (χ0n) is 18.8. The van der Waals surface area contributed by atoms with E-state index >= 15 is 0 Å². The van der Waals surface area contributed by atoms with E-state index in [1.54, 1.807) is 0 Å². The first-order valence-corrected chi connectivity index (χ1v) is 11.4. The Bertz CT molecular complexity index is 1200. The lowest BCUT2D eigenvalue weighted by atomic mass is 10.1. The average molecular weight is 548 g/mol. The van der Waals surface area contributed by atoms with Crippen molar-refractivity contribution in [2.45, 2.75) is 31.9 Å². The van der Waals surface area contributed by atoms with Crippen LogP contribution in [0.2, 0.25) is 0 Å². The van der Waals surface area contributed by atoms with Crippen LogP contribution in [0.25, 0.3) is 11.3 Å². The topological polar surface area (TPSA) is 97.6 Å². The quantitative estimate of drug-likeness (QED) is 0.148. The Morgan fingerprint density at radius 1 is 1.03 bits per heavy atom. The van der Waals surface area contributed by atoms with Crippen molar-refractivity contribution in [3.63, 3.8) is 0 Å². The number of rotatable bonds is 9. The van der Waals surface area contributed by atoms with Crippen LogP contribution in [0, 0.1) is 11.6 Å². The van der Waals surface area contributed by atoms with Gasteiger partial charge in [0.05, 0.1) is 16.9 Å². The summed E-state index contributed by atoms with van der Waals surface area (Å²) in [6.45, 7) is 0.415. The van der Waals surface area contributed by atoms with Crippen LogP contribution in [0.5, 0.6) is 0 Å². The van der Waals surface area contributed by atoms with E-state index < -0.39 is 29.3 Å². The second-order valence-electron chi connectivity index (χ2n) is 7.53. The summed E-state index contributed by atoms with van der Waals surface area (Å²) in [7, 11) is 0. The normalized spacial score (nSPS) is 11.0. The number of carbonyl (C=O) groups is 1. The summed E-state index contributed by atoms with van der Waals surface area (Å²) in [4.78, 5) is 22.5. The molecule has 0 aliphatic carbocycles. The molecule has 0 unspecified atom stereocenters. The molecule has 3 aromatic rings. The molecule has 194 valence electrons. The van der Waals surface area contributed by atoms with Crippen molar-refractivity contribution >= 4 is 46.4 Å². The molecule has 0 bridgehead atoms. The molecule has 0 saturated carbocycles. The van der Waals surface area contributed by atoms with Gasteiger partial charge in [-0.05, 0) is 49.2 Å². The SMILES string of the molecule is Cl.NC(N)=NCCCCCC(=O)N(c1ccc(C(F)(F)F)cc1)c1nc(-c2ccc(F)cc2F)cs1. The molecule has 4 N–H and O–H groups in total. The van der Waals surface area contributed by atoms with E-state index in [-0.39, 0.29) is 46.9 Å². The van der Waals surface area contributed by atoms with Crippen LogP contribution in [0.4, 0.5) is 32.8 Å². The Hall–Kier alpha value is -3.25. The molecular weight excluding hydrogens is 525 g/mol. The highest BCUT2D eigenvalue weighted by atomic mass is 35.5. The van der Waals surface area contributed by atoms with Crippen LogP contribution >= 0.6 is 23.7 Å². The molecule has 1 heterocycles. The average Bonchev–Trinajstić information content (AvgIpc) is 3.25. The minimum Gasteiger partial charge on any atom is -0.370 e. The molecule has 0 fully saturated rings. The van der Waals surface area contributed by atoms with Gasteiger partial charge < -0.3 is 11.5 Å². The van der Waals surface area contributed by atoms with E-state index in [0.29, 0.717) is 25.8 Å². The van der Waals surface area contributed by atoms with Crippen molar-refractivity contribution in [3.05, 3.63) is 65.0 Å². The van der Waals surface area contributed by atoms with Crippen molar-refractivity contribution in [1.82, 2.24) is 4.98 Å². The first-order chi connectivity index (χ1) is 16.6. The van der Waals surface area contributed by atoms with Gasteiger partial charge in [-0.2, -0.15) is 13.2 Å². The van der Waals surface area contributed by atoms with Gasteiger partial charge in [0, 0.05) is 30.0 Å². The third-order valence-corrected chi connectivity index (χ3v) is 5.76. The molecule has 0 atom stereocenters. The molecule has 0 aliphatic heterocycles. The number of anilines is 2. The maximum Gasteiger partial charge on any atom is 0.416 e. The van der Waals surface area contributed by atoms with Gasteiger partial charge in [-0.25, -0.2) is 13.8 Å². The fourth-order valence-corrected chi connectivity index (χ4v) is 4.09. The lowest BCUT2D eigenvalue weighted by Gasteiger charge is -2.21. The number of nitrogens with zero attached hydrogens (tertiary/aromatic N) is 3. The molecule has 36 heavy (non-hydrogen) atoms. The van der Waals surface area contributed by atoms with Gasteiger partial charge in [0.1, 0.15) is 11.6 Å². The summed E-state index contributed by atoms with van der Waals surface area (Å²) in [5.41, 5.74) is 10.1. The van der Waals surface area contributed by atoms with Gasteiger partial charge in [0.25, 0.3) is 0 Å². The van der Waals surface area contributed by atoms with Crippen LogP contribution in [0.15, 0.2) is 52.8 Å². The van der Waals surface area contributed by atoms with Crippen molar-refractivity contribution < 1.29 is 26.7 Å². The molecule has 0 aliphatic rings. The summed E-state index contributed by atoms with van der Waals surface area (Å²) in [5, 5.41) is 1.64. The van der Waals surface area contributed by atoms with E-state index in [1.807, 2.05) is 0 Å². The first-order valence-electron chi connectivity index (χ1n) is 10.5. The van der Waals surface area contributed by atoms with E-state index in [2.05, 4.69) is 9.98 Å². The van der Waals surface area contributed by atoms with Crippen LogP contribution in [-0.4, -0.2) is 23.4 Å². The highest BCUT2D eigenvalue weighted by molar-refractivity contribution is 7.14. The summed E-state index contributed by atoms with van der Waals surface area (Å²) in [6, 6.07) is 7.13. The van der Waals surface area contributed by atoms with Crippen LogP contribution in [0.1, 0.15) is 31.2 Å². The summed E-state index contributed by atoms with van der Waals surface area (Å²) in [5.74, 6) is -1.99. The number of halogens is 6. The maximum atomic E-state index is 14.2. The number of nitrogens with two attached hydrogens (primary N) is 2. The van der Waals surface area contributed by atoms with Gasteiger partial charge in [-0.1, -0.05) is 6.42 Å². The Kier molecular flexibility index (Phi) is 10.2. The number of unbranched alkanes of at least 4 members (excludes halogenated alkanes) is 2. The number of aliphatic imine (C=N–C) groups is 1. The van der Waals surface area contributed by atoms with E-state index in [0.717, 1.165) is 35.6 Å². The van der Waals surface area contributed by atoms with Crippen molar-refractivity contribution in [1.29, 1.82) is 0 Å². The van der Waals surface area contributed by atoms with Crippen molar-refractivity contribution in [2.75, 3.05) is 11.4 Å². The van der Waals surface area contributed by atoms with Gasteiger partial charge in [0.15, 0.2) is 11.1 Å². The van der Waals surface area contributed by atoms with E-state index in [9.17, 15) is 26.7 Å². The van der Waals surface area contributed by atoms with E-state index in [4.69, 9.17) is 11.5 Å². The molecule has 0 spiro atoms. The molecule has 1 aromatic heterocycles. The fraction of sp³-hybridized carbons (Fsp3) is 0.261. The third kappa shape index (κ3) is 7.62. The van der Waals surface area contributed by atoms with Gasteiger partial charge >= 0.3 is 6.18 Å². The monoisotopic (exact) mass is 547 g/mol. The second kappa shape index (κ2) is 12.6. The Morgan fingerprint density at radius 3 is 2.33 bits per heavy atom. The molecular formula is C23H23ClF5N5OS. The zero-order chi connectivity index (χ0) is 25.6. The molecule has 2 aromatic carbocycles. The molecule has 13 heteroatoms. The zero-order valence-corrected chi connectivity index (χ0v) is 20.4. The number of hydrogen-bond acceptors (Lipinski definition) is 4. The number of guanidine groups is 1. The first kappa shape index (κ1) is 29.0. The molecule has 0 saturated heterocycles. The number of aromatic nitrogens is 1. The van der Waals surface area contributed by atoms with Gasteiger partial charge in [-0.3, -0.25) is 14.7 Å². The third-order valence-electron chi connectivity index (χ3n) is 4.94. The lowest BCUT2D eigenvalue weighted by molar-refractivity contribution is -0.137. The maximum absolute atomic E-state index is 14.2. The Labute approximate surface area is 214 Å². The van der Waals surface area contributed by atoms with Crippen molar-refractivity contribution in [2.24, 2.45) is 16.5 Å². The number of benzene rings is 2. The highest BCUT2D eigenvalue weighted by Crippen LogP contribution is 2.36. The Balaban J connectivity index is 0.00000456. The standard InChI is InChI=1S/C23H22F5N5OS.ClH/c24-15-7-10-17(18(25)12-15)19-13-35-22(32-19)33(16-8-5-14(6-9-16)23(26,27)28)20(34)4-2-1-3-11-31-21(29)30;/h5-10,12-13H,1-4,11H2,(H4,29,30,31);1H. The minimum atomic E-state index is -4.53. The molecule has 3 rings (SSSR count). The summed E-state index contributed by atoms with van der Waals surface area (Å²) in [6.07, 6.45) is -2.66. The number of hydrogen-bond donors (Lipinski definition) is 2. The van der Waals surface area contributed by atoms with Crippen LogP contribution in [0.3, 0.4) is 0 Å². The van der Waals surface area contributed by atoms with Crippen LogP contribution in [-0.2, 0) is 11.0 Å². The molecule has 0 radical (unpaired) electrons. The second-order valence-corrected chi connectivity index (χ2v) is 8.37. The highest BCUT2D eigenvalue weighted by Gasteiger charge is 2.31. The van der Waals surface area contributed by atoms with E-state index in [1.165, 1.54) is 28.5 Å². The smallest absolute Gasteiger partial charge is 0.370 e. The minimum absolute atomic E-state index is 0. The summed E-state index contributed by atoms with van der Waals surface area (Å²) < 4.78 is 66.5. The lowest BCUT2D eigenvalue weighted by Crippen LogP contribution is -2.25. The molecule has 1 amide bonds. The van der Waals surface area contributed by atoms with Gasteiger partial charge in [0.2, 0.25) is 5.91 Å². The predicted molar refractivity (Wildman–Crippen MR) is 132 cm³/mol. The predicted octanol–water partition coefficient (Wildman–Crippen LogP) is 6.03. The number of alkyl halides is 3. The summed E-state index contributed by atoms with van der Waals surface area (Å²) >= 11 is 1.01. The Morgan fingerprint density at radius 2 is 1.72 bits per heavy atom. The largest absolute Gasteiger partial charge is 0.416 e. The van der Waals surface area contributed by atoms with Crippen molar-refractivity contribution in [3.8, 4) is 11.3 Å².